The molecule has 0 unspecified atom stereocenters. The maximum Gasteiger partial charge on any atom is 0.125 e. The molecule has 0 atom stereocenters. The van der Waals surface area contributed by atoms with Crippen LogP contribution in [0.25, 0.3) is 0 Å². The second-order valence-electron chi connectivity index (χ2n) is 7.51. The van der Waals surface area contributed by atoms with Crippen molar-refractivity contribution in [3.63, 3.8) is 0 Å². The number of hydrogen-bond donors (Lipinski definition) is 1. The standard InChI is InChI=1S/C27H22O/c28-27(22-13-3-1-4-14-22,23-15-5-2-6-16-23)26-24-17-9-7-11-20(24)19-21-12-8-10-18-25(21)26/h1-18,26,28H,19H2. The van der Waals surface area contributed by atoms with Crippen molar-refractivity contribution in [2.45, 2.75) is 17.9 Å². The zero-order valence-electron chi connectivity index (χ0n) is 15.6. The van der Waals surface area contributed by atoms with Crippen LogP contribution in [0.5, 0.6) is 0 Å². The monoisotopic (exact) mass is 362 g/mol. The molecule has 1 N–H and O–H groups in total. The maximum atomic E-state index is 12.5. The van der Waals surface area contributed by atoms with Gasteiger partial charge in [-0.25, -0.2) is 0 Å². The van der Waals surface area contributed by atoms with Crippen LogP contribution in [0.2, 0.25) is 0 Å². The summed E-state index contributed by atoms with van der Waals surface area (Å²) in [6, 6.07) is 37.2. The van der Waals surface area contributed by atoms with E-state index in [4.69, 9.17) is 0 Å². The fourth-order valence-electron chi connectivity index (χ4n) is 4.66. The predicted octanol–water partition coefficient (Wildman–Crippen LogP) is 5.66. The lowest BCUT2D eigenvalue weighted by atomic mass is 9.65. The fraction of sp³-hybridized carbons (Fsp3) is 0.111. The molecule has 28 heavy (non-hydrogen) atoms. The third-order valence-corrected chi connectivity index (χ3v) is 5.96. The smallest absolute Gasteiger partial charge is 0.125 e. The van der Waals surface area contributed by atoms with E-state index in [2.05, 4.69) is 48.5 Å². The average Bonchev–Trinajstić information content (AvgIpc) is 2.78. The van der Waals surface area contributed by atoms with Crippen LogP contribution in [0.1, 0.15) is 39.3 Å². The van der Waals surface area contributed by atoms with Crippen LogP contribution in [0.4, 0.5) is 0 Å². The first-order valence-corrected chi connectivity index (χ1v) is 9.77. The van der Waals surface area contributed by atoms with Crippen LogP contribution < -0.4 is 0 Å². The number of aliphatic hydroxyl groups is 1. The summed E-state index contributed by atoms with van der Waals surface area (Å²) in [7, 11) is 0. The minimum Gasteiger partial charge on any atom is -0.379 e. The van der Waals surface area contributed by atoms with Crippen LogP contribution in [-0.2, 0) is 12.0 Å². The summed E-state index contributed by atoms with van der Waals surface area (Å²) in [5.41, 5.74) is 5.66. The van der Waals surface area contributed by atoms with Gasteiger partial charge in [-0.3, -0.25) is 0 Å². The number of benzene rings is 4. The van der Waals surface area contributed by atoms with Gasteiger partial charge in [0.2, 0.25) is 0 Å². The van der Waals surface area contributed by atoms with Crippen molar-refractivity contribution >= 4 is 0 Å². The molecular weight excluding hydrogens is 340 g/mol. The molecular formula is C27H22O. The summed E-state index contributed by atoms with van der Waals surface area (Å²) in [6.07, 6.45) is 0.905. The molecule has 0 saturated carbocycles. The summed E-state index contributed by atoms with van der Waals surface area (Å²) in [5.74, 6) is -0.168. The number of hydrogen-bond acceptors (Lipinski definition) is 1. The van der Waals surface area contributed by atoms with Gasteiger partial charge in [0.25, 0.3) is 0 Å². The van der Waals surface area contributed by atoms with Crippen LogP contribution in [-0.4, -0.2) is 5.11 Å². The first-order chi connectivity index (χ1) is 13.8. The topological polar surface area (TPSA) is 20.2 Å². The Morgan fingerprint density at radius 1 is 0.536 bits per heavy atom. The van der Waals surface area contributed by atoms with Crippen molar-refractivity contribution in [1.82, 2.24) is 0 Å². The average molecular weight is 362 g/mol. The van der Waals surface area contributed by atoms with Crippen molar-refractivity contribution in [2.75, 3.05) is 0 Å². The fourth-order valence-corrected chi connectivity index (χ4v) is 4.66. The molecule has 0 saturated heterocycles. The quantitative estimate of drug-likeness (QED) is 0.499. The van der Waals surface area contributed by atoms with E-state index in [1.54, 1.807) is 0 Å². The van der Waals surface area contributed by atoms with E-state index < -0.39 is 5.60 Å². The second kappa shape index (κ2) is 6.78. The molecule has 0 bridgehead atoms. The first-order valence-electron chi connectivity index (χ1n) is 9.77. The molecule has 0 aromatic heterocycles. The zero-order chi connectivity index (χ0) is 19.0. The highest BCUT2D eigenvalue weighted by Crippen LogP contribution is 2.50. The molecule has 4 aromatic rings. The van der Waals surface area contributed by atoms with Crippen LogP contribution in [0.15, 0.2) is 109 Å². The Labute approximate surface area is 165 Å². The molecule has 0 amide bonds. The van der Waals surface area contributed by atoms with Gasteiger partial charge in [0.15, 0.2) is 0 Å². The SMILES string of the molecule is OC(c1ccccc1)(c1ccccc1)C1c2ccccc2Cc2ccccc21. The van der Waals surface area contributed by atoms with Gasteiger partial charge < -0.3 is 5.11 Å². The van der Waals surface area contributed by atoms with Gasteiger partial charge in [0.05, 0.1) is 0 Å². The Kier molecular flexibility index (Phi) is 4.11. The first kappa shape index (κ1) is 17.0. The van der Waals surface area contributed by atoms with E-state index in [9.17, 15) is 5.11 Å². The third kappa shape index (κ3) is 2.59. The van der Waals surface area contributed by atoms with E-state index in [0.29, 0.717) is 0 Å². The van der Waals surface area contributed by atoms with Crippen molar-refractivity contribution in [3.05, 3.63) is 143 Å². The predicted molar refractivity (Wildman–Crippen MR) is 113 cm³/mol. The van der Waals surface area contributed by atoms with Gasteiger partial charge >= 0.3 is 0 Å². The largest absolute Gasteiger partial charge is 0.379 e. The minimum absolute atomic E-state index is 0.168. The third-order valence-electron chi connectivity index (χ3n) is 5.96. The Bertz CT molecular complexity index is 1010. The highest BCUT2D eigenvalue weighted by molar-refractivity contribution is 5.55. The summed E-state index contributed by atoms with van der Waals surface area (Å²) in [5, 5.41) is 12.5. The Hall–Kier alpha value is -3.16. The molecule has 136 valence electrons. The van der Waals surface area contributed by atoms with E-state index >= 15 is 0 Å². The molecule has 5 rings (SSSR count). The van der Waals surface area contributed by atoms with Crippen LogP contribution in [0, 0.1) is 0 Å². The van der Waals surface area contributed by atoms with Gasteiger partial charge in [-0.1, -0.05) is 109 Å². The maximum absolute atomic E-state index is 12.5. The van der Waals surface area contributed by atoms with E-state index in [1.807, 2.05) is 60.7 Å². The Morgan fingerprint density at radius 2 is 0.929 bits per heavy atom. The molecule has 0 heterocycles. The van der Waals surface area contributed by atoms with Gasteiger partial charge in [0, 0.05) is 5.92 Å². The lowest BCUT2D eigenvalue weighted by molar-refractivity contribution is 0.0613. The Morgan fingerprint density at radius 3 is 1.39 bits per heavy atom. The Balaban J connectivity index is 1.84. The van der Waals surface area contributed by atoms with Gasteiger partial charge in [-0.15, -0.1) is 0 Å². The summed E-state index contributed by atoms with van der Waals surface area (Å²) in [4.78, 5) is 0. The summed E-state index contributed by atoms with van der Waals surface area (Å²) < 4.78 is 0. The lowest BCUT2D eigenvalue weighted by Crippen LogP contribution is -2.38. The van der Waals surface area contributed by atoms with Crippen LogP contribution in [0.3, 0.4) is 0 Å². The normalized spacial score (nSPS) is 13.6. The van der Waals surface area contributed by atoms with Crippen molar-refractivity contribution in [3.8, 4) is 0 Å². The molecule has 0 fully saturated rings. The minimum atomic E-state index is -1.16. The molecule has 1 aliphatic carbocycles. The van der Waals surface area contributed by atoms with E-state index in [1.165, 1.54) is 22.3 Å². The highest BCUT2D eigenvalue weighted by Gasteiger charge is 2.44. The molecule has 1 aliphatic rings. The lowest BCUT2D eigenvalue weighted by Gasteiger charge is -2.41. The highest BCUT2D eigenvalue weighted by atomic mass is 16.3. The number of fused-ring (bicyclic) bond motifs is 2. The van der Waals surface area contributed by atoms with Gasteiger partial charge in [-0.05, 0) is 39.8 Å². The van der Waals surface area contributed by atoms with Gasteiger partial charge in [0.1, 0.15) is 5.60 Å². The summed E-state index contributed by atoms with van der Waals surface area (Å²) >= 11 is 0. The molecule has 1 nitrogen and oxygen atoms in total. The molecule has 4 aromatic carbocycles. The molecule has 1 heteroatoms. The summed E-state index contributed by atoms with van der Waals surface area (Å²) in [6.45, 7) is 0. The van der Waals surface area contributed by atoms with Crippen molar-refractivity contribution in [1.29, 1.82) is 0 Å². The van der Waals surface area contributed by atoms with Gasteiger partial charge in [-0.2, -0.15) is 0 Å². The van der Waals surface area contributed by atoms with Crippen molar-refractivity contribution in [2.24, 2.45) is 0 Å². The second-order valence-corrected chi connectivity index (χ2v) is 7.51. The molecule has 0 spiro atoms. The van der Waals surface area contributed by atoms with E-state index in [-0.39, 0.29) is 5.92 Å². The van der Waals surface area contributed by atoms with Crippen molar-refractivity contribution < 1.29 is 5.11 Å². The molecule has 0 aliphatic heterocycles. The van der Waals surface area contributed by atoms with E-state index in [0.717, 1.165) is 17.5 Å². The molecule has 0 radical (unpaired) electrons. The number of rotatable bonds is 3. The zero-order valence-corrected chi connectivity index (χ0v) is 15.6. The van der Waals surface area contributed by atoms with Crippen LogP contribution >= 0.6 is 0 Å².